The largest absolute Gasteiger partial charge is 0.392 e. The number of β-amino-alcohol motifs (C(OH)–C–C–N with tert-alkyl or cyclic N) is 1. The molecular formula is C13H24N2O2. The molecule has 0 aromatic carbocycles. The Hall–Kier alpha value is -0.870. The third-order valence-corrected chi connectivity index (χ3v) is 3.30. The molecule has 0 bridgehead atoms. The summed E-state index contributed by atoms with van der Waals surface area (Å²) in [4.78, 5) is 13.7. The first kappa shape index (κ1) is 14.2. The maximum atomic E-state index is 11.6. The Morgan fingerprint density at radius 2 is 2.47 bits per heavy atom. The lowest BCUT2D eigenvalue weighted by atomic mass is 9.96. The minimum Gasteiger partial charge on any atom is -0.392 e. The van der Waals surface area contributed by atoms with Crippen molar-refractivity contribution in [1.82, 2.24) is 10.2 Å². The molecule has 0 aromatic rings. The van der Waals surface area contributed by atoms with Gasteiger partial charge in [0.05, 0.1) is 12.0 Å². The number of nitrogens with one attached hydrogen (secondary N) is 1. The van der Waals surface area contributed by atoms with Crippen molar-refractivity contribution in [2.24, 2.45) is 5.92 Å². The molecule has 0 radical (unpaired) electrons. The highest BCUT2D eigenvalue weighted by molar-refractivity contribution is 5.78. The van der Waals surface area contributed by atoms with Crippen LogP contribution in [0.25, 0.3) is 0 Å². The van der Waals surface area contributed by atoms with Gasteiger partial charge >= 0.3 is 0 Å². The molecule has 1 rings (SSSR count). The lowest BCUT2D eigenvalue weighted by Crippen LogP contribution is -2.44. The lowest BCUT2D eigenvalue weighted by molar-refractivity contribution is -0.126. The second kappa shape index (κ2) is 7.45. The third-order valence-electron chi connectivity index (χ3n) is 3.30. The summed E-state index contributed by atoms with van der Waals surface area (Å²) < 4.78 is 0. The maximum Gasteiger partial charge on any atom is 0.224 e. The van der Waals surface area contributed by atoms with E-state index in [0.717, 1.165) is 38.8 Å². The maximum absolute atomic E-state index is 11.6. The normalized spacial score (nSPS) is 23.1. The number of carbonyl (C=O) groups excluding carboxylic acids is 1. The van der Waals surface area contributed by atoms with E-state index < -0.39 is 0 Å². The Balaban J connectivity index is 2.33. The summed E-state index contributed by atoms with van der Waals surface area (Å²) in [5.74, 6) is 0.204. The van der Waals surface area contributed by atoms with Crippen LogP contribution in [-0.2, 0) is 4.79 Å². The molecule has 4 nitrogen and oxygen atoms in total. The van der Waals surface area contributed by atoms with Crippen molar-refractivity contribution >= 4 is 5.91 Å². The van der Waals surface area contributed by atoms with Crippen LogP contribution in [0.3, 0.4) is 0 Å². The van der Waals surface area contributed by atoms with Gasteiger partial charge in [0.15, 0.2) is 0 Å². The first-order valence-electron chi connectivity index (χ1n) is 6.40. The Morgan fingerprint density at radius 1 is 1.71 bits per heavy atom. The minimum atomic E-state index is -0.309. The molecule has 2 unspecified atom stereocenters. The topological polar surface area (TPSA) is 52.6 Å². The molecule has 1 aliphatic heterocycles. The zero-order valence-electron chi connectivity index (χ0n) is 10.7. The molecule has 98 valence electrons. The Bertz CT molecular complexity index is 256. The summed E-state index contributed by atoms with van der Waals surface area (Å²) in [5, 5.41) is 12.5. The van der Waals surface area contributed by atoms with E-state index in [1.165, 1.54) is 0 Å². The van der Waals surface area contributed by atoms with E-state index >= 15 is 0 Å². The highest BCUT2D eigenvalue weighted by Gasteiger charge is 2.25. The standard InChI is InChI=1S/C13H24N2O2/c1-3-4-7-12(16)10-15-8-5-6-11(9-15)13(17)14-2/h3,11-12,16H,1,4-10H2,2H3,(H,14,17). The fourth-order valence-corrected chi connectivity index (χ4v) is 2.34. The average Bonchev–Trinajstić information content (AvgIpc) is 2.35. The first-order valence-corrected chi connectivity index (χ1v) is 6.40. The molecule has 1 saturated heterocycles. The van der Waals surface area contributed by atoms with Crippen molar-refractivity contribution in [3.05, 3.63) is 12.7 Å². The Kier molecular flexibility index (Phi) is 6.22. The second-order valence-electron chi connectivity index (χ2n) is 4.73. The van der Waals surface area contributed by atoms with Crippen LogP contribution < -0.4 is 5.32 Å². The second-order valence-corrected chi connectivity index (χ2v) is 4.73. The van der Waals surface area contributed by atoms with Gasteiger partial charge in [0.1, 0.15) is 0 Å². The number of likely N-dealkylation sites (tertiary alicyclic amines) is 1. The van der Waals surface area contributed by atoms with Crippen molar-refractivity contribution in [3.63, 3.8) is 0 Å². The summed E-state index contributed by atoms with van der Waals surface area (Å²) in [6.07, 6.45) is 5.10. The van der Waals surface area contributed by atoms with Gasteiger partial charge in [0.2, 0.25) is 5.91 Å². The fourth-order valence-electron chi connectivity index (χ4n) is 2.34. The summed E-state index contributed by atoms with van der Waals surface area (Å²) in [5.41, 5.74) is 0. The van der Waals surface area contributed by atoms with Crippen molar-refractivity contribution in [1.29, 1.82) is 0 Å². The van der Waals surface area contributed by atoms with Crippen molar-refractivity contribution in [2.45, 2.75) is 31.8 Å². The van der Waals surface area contributed by atoms with Crippen LogP contribution >= 0.6 is 0 Å². The summed E-state index contributed by atoms with van der Waals surface area (Å²) >= 11 is 0. The zero-order chi connectivity index (χ0) is 12.7. The molecule has 1 amide bonds. The van der Waals surface area contributed by atoms with E-state index in [1.807, 2.05) is 6.08 Å². The number of aliphatic hydroxyl groups is 1. The smallest absolute Gasteiger partial charge is 0.224 e. The number of piperidine rings is 1. The predicted octanol–water partition coefficient (Wildman–Crippen LogP) is 0.771. The molecule has 2 N–H and O–H groups in total. The van der Waals surface area contributed by atoms with Crippen LogP contribution in [0, 0.1) is 5.92 Å². The van der Waals surface area contributed by atoms with Gasteiger partial charge < -0.3 is 10.4 Å². The number of amides is 1. The van der Waals surface area contributed by atoms with E-state index in [0.29, 0.717) is 6.54 Å². The number of allylic oxidation sites excluding steroid dienone is 1. The van der Waals surface area contributed by atoms with Gasteiger partial charge in [-0.3, -0.25) is 9.69 Å². The average molecular weight is 240 g/mol. The fraction of sp³-hybridized carbons (Fsp3) is 0.769. The molecule has 17 heavy (non-hydrogen) atoms. The van der Waals surface area contributed by atoms with Gasteiger partial charge in [-0.25, -0.2) is 0 Å². The van der Waals surface area contributed by atoms with Gasteiger partial charge in [0, 0.05) is 20.1 Å². The quantitative estimate of drug-likeness (QED) is 0.674. The molecule has 4 heteroatoms. The van der Waals surface area contributed by atoms with E-state index in [-0.39, 0.29) is 17.9 Å². The molecule has 0 spiro atoms. The van der Waals surface area contributed by atoms with Crippen LogP contribution in [0.5, 0.6) is 0 Å². The van der Waals surface area contributed by atoms with Gasteiger partial charge in [0.25, 0.3) is 0 Å². The van der Waals surface area contributed by atoms with Gasteiger partial charge in [-0.05, 0) is 32.2 Å². The van der Waals surface area contributed by atoms with E-state index in [1.54, 1.807) is 7.05 Å². The third kappa shape index (κ3) is 4.88. The van der Waals surface area contributed by atoms with Gasteiger partial charge in [-0.2, -0.15) is 0 Å². The van der Waals surface area contributed by atoms with Crippen LogP contribution in [0.15, 0.2) is 12.7 Å². The first-order chi connectivity index (χ1) is 8.17. The summed E-state index contributed by atoms with van der Waals surface area (Å²) in [7, 11) is 1.68. The lowest BCUT2D eigenvalue weighted by Gasteiger charge is -2.33. The molecule has 1 aliphatic rings. The van der Waals surface area contributed by atoms with E-state index in [9.17, 15) is 9.90 Å². The summed E-state index contributed by atoms with van der Waals surface area (Å²) in [6, 6.07) is 0. The van der Waals surface area contributed by atoms with E-state index in [4.69, 9.17) is 0 Å². The zero-order valence-corrected chi connectivity index (χ0v) is 10.7. The predicted molar refractivity (Wildman–Crippen MR) is 68.7 cm³/mol. The van der Waals surface area contributed by atoms with Crippen molar-refractivity contribution in [3.8, 4) is 0 Å². The molecule has 0 aliphatic carbocycles. The number of nitrogens with zero attached hydrogens (tertiary/aromatic N) is 1. The van der Waals surface area contributed by atoms with Gasteiger partial charge in [-0.1, -0.05) is 6.08 Å². The van der Waals surface area contributed by atoms with Crippen LogP contribution in [0.1, 0.15) is 25.7 Å². The van der Waals surface area contributed by atoms with Gasteiger partial charge in [-0.15, -0.1) is 6.58 Å². The minimum absolute atomic E-state index is 0.0837. The van der Waals surface area contributed by atoms with Crippen molar-refractivity contribution in [2.75, 3.05) is 26.7 Å². The van der Waals surface area contributed by atoms with Crippen molar-refractivity contribution < 1.29 is 9.90 Å². The Morgan fingerprint density at radius 3 is 3.12 bits per heavy atom. The summed E-state index contributed by atoms with van der Waals surface area (Å²) in [6.45, 7) is 6.07. The number of carbonyl (C=O) groups is 1. The molecule has 1 heterocycles. The number of rotatable bonds is 6. The highest BCUT2D eigenvalue weighted by Crippen LogP contribution is 2.17. The van der Waals surface area contributed by atoms with Crippen LogP contribution in [-0.4, -0.2) is 48.7 Å². The SMILES string of the molecule is C=CCCC(O)CN1CCCC(C(=O)NC)C1. The molecule has 1 fully saturated rings. The van der Waals surface area contributed by atoms with Crippen LogP contribution in [0.2, 0.25) is 0 Å². The monoisotopic (exact) mass is 240 g/mol. The molecule has 2 atom stereocenters. The van der Waals surface area contributed by atoms with Crippen LogP contribution in [0.4, 0.5) is 0 Å². The molecule has 0 saturated carbocycles. The highest BCUT2D eigenvalue weighted by atomic mass is 16.3. The van der Waals surface area contributed by atoms with E-state index in [2.05, 4.69) is 16.8 Å². The number of aliphatic hydroxyl groups excluding tert-OH is 1. The Labute approximate surface area is 104 Å². The number of hydrogen-bond donors (Lipinski definition) is 2. The molecule has 0 aromatic heterocycles. The molecular weight excluding hydrogens is 216 g/mol. The number of hydrogen-bond acceptors (Lipinski definition) is 3.